The lowest BCUT2D eigenvalue weighted by molar-refractivity contribution is 0.310. The molecule has 8 heteroatoms. The van der Waals surface area contributed by atoms with Crippen LogP contribution in [0.1, 0.15) is 19.4 Å². The van der Waals surface area contributed by atoms with Gasteiger partial charge in [-0.1, -0.05) is 42.3 Å². The largest absolute Gasteiger partial charge is 0.493 e. The zero-order chi connectivity index (χ0) is 19.3. The predicted molar refractivity (Wildman–Crippen MR) is 104 cm³/mol. The lowest BCUT2D eigenvalue weighted by Gasteiger charge is -2.22. The molecule has 0 amide bonds. The van der Waals surface area contributed by atoms with Crippen molar-refractivity contribution in [1.29, 1.82) is 0 Å². The van der Waals surface area contributed by atoms with Crippen molar-refractivity contribution in [1.82, 2.24) is 4.31 Å². The first-order valence-corrected chi connectivity index (χ1v) is 10.3. The van der Waals surface area contributed by atoms with Crippen molar-refractivity contribution in [2.24, 2.45) is 0 Å². The smallest absolute Gasteiger partial charge is 0.246 e. The Balaban J connectivity index is 2.37. The SMILES string of the molecule is CCOc1ccc(CN(CC)S(=O)(=O)c2c(Cl)cccc2Cl)cc1OC. The van der Waals surface area contributed by atoms with E-state index in [0.29, 0.717) is 18.1 Å². The highest BCUT2D eigenvalue weighted by molar-refractivity contribution is 7.89. The first kappa shape index (κ1) is 20.8. The van der Waals surface area contributed by atoms with Gasteiger partial charge in [0, 0.05) is 13.1 Å². The lowest BCUT2D eigenvalue weighted by Crippen LogP contribution is -2.31. The molecular weight excluding hydrogens is 397 g/mol. The summed E-state index contributed by atoms with van der Waals surface area (Å²) in [5.74, 6) is 1.16. The van der Waals surface area contributed by atoms with E-state index in [1.807, 2.05) is 6.92 Å². The number of hydrogen-bond acceptors (Lipinski definition) is 4. The van der Waals surface area contributed by atoms with Crippen molar-refractivity contribution in [2.45, 2.75) is 25.3 Å². The van der Waals surface area contributed by atoms with Gasteiger partial charge in [0.2, 0.25) is 10.0 Å². The molecule has 2 aromatic carbocycles. The molecule has 5 nitrogen and oxygen atoms in total. The van der Waals surface area contributed by atoms with E-state index in [1.165, 1.54) is 16.4 Å². The molecule has 0 aromatic heterocycles. The van der Waals surface area contributed by atoms with Gasteiger partial charge in [0.15, 0.2) is 11.5 Å². The van der Waals surface area contributed by atoms with Gasteiger partial charge < -0.3 is 9.47 Å². The van der Waals surface area contributed by atoms with Crippen molar-refractivity contribution in [2.75, 3.05) is 20.3 Å². The summed E-state index contributed by atoms with van der Waals surface area (Å²) in [5.41, 5.74) is 0.763. The molecule has 0 bridgehead atoms. The minimum atomic E-state index is -3.85. The van der Waals surface area contributed by atoms with Crippen molar-refractivity contribution >= 4 is 33.2 Å². The van der Waals surface area contributed by atoms with Crippen LogP contribution in [-0.2, 0) is 16.6 Å². The van der Waals surface area contributed by atoms with Gasteiger partial charge in [-0.25, -0.2) is 8.42 Å². The number of sulfonamides is 1. The van der Waals surface area contributed by atoms with Crippen LogP contribution >= 0.6 is 23.2 Å². The highest BCUT2D eigenvalue weighted by atomic mass is 35.5. The van der Waals surface area contributed by atoms with Gasteiger partial charge in [0.25, 0.3) is 0 Å². The fourth-order valence-corrected chi connectivity index (χ4v) is 5.04. The van der Waals surface area contributed by atoms with E-state index < -0.39 is 10.0 Å². The Kier molecular flexibility index (Phi) is 7.17. The molecule has 0 atom stereocenters. The van der Waals surface area contributed by atoms with Gasteiger partial charge in [-0.2, -0.15) is 4.31 Å². The van der Waals surface area contributed by atoms with E-state index >= 15 is 0 Å². The minimum absolute atomic E-state index is 0.0805. The Morgan fingerprint density at radius 2 is 1.69 bits per heavy atom. The summed E-state index contributed by atoms with van der Waals surface area (Å²) < 4.78 is 38.2. The third-order valence-electron chi connectivity index (χ3n) is 3.76. The second-order valence-electron chi connectivity index (χ2n) is 5.40. The molecule has 0 radical (unpaired) electrons. The van der Waals surface area contributed by atoms with Gasteiger partial charge >= 0.3 is 0 Å². The van der Waals surface area contributed by atoms with Gasteiger partial charge in [0.05, 0.1) is 23.8 Å². The average molecular weight is 418 g/mol. The Morgan fingerprint density at radius 1 is 1.04 bits per heavy atom. The van der Waals surface area contributed by atoms with E-state index in [1.54, 1.807) is 38.3 Å². The molecule has 0 spiro atoms. The zero-order valence-electron chi connectivity index (χ0n) is 14.8. The van der Waals surface area contributed by atoms with Crippen molar-refractivity contribution < 1.29 is 17.9 Å². The van der Waals surface area contributed by atoms with Crippen LogP contribution in [0.3, 0.4) is 0 Å². The fourth-order valence-electron chi connectivity index (χ4n) is 2.51. The molecule has 0 heterocycles. The molecule has 0 aliphatic heterocycles. The molecule has 0 aliphatic carbocycles. The quantitative estimate of drug-likeness (QED) is 0.628. The maximum absolute atomic E-state index is 13.0. The van der Waals surface area contributed by atoms with E-state index in [0.717, 1.165) is 5.56 Å². The molecule has 0 unspecified atom stereocenters. The monoisotopic (exact) mass is 417 g/mol. The molecule has 0 N–H and O–H groups in total. The molecular formula is C18H21Cl2NO4S. The first-order valence-electron chi connectivity index (χ1n) is 8.09. The van der Waals surface area contributed by atoms with Crippen LogP contribution in [0.15, 0.2) is 41.3 Å². The van der Waals surface area contributed by atoms with Gasteiger partial charge in [-0.15, -0.1) is 0 Å². The Hall–Kier alpha value is -1.47. The standard InChI is InChI=1S/C18H21Cl2NO4S/c1-4-21(26(22,23)18-14(19)7-6-8-15(18)20)12-13-9-10-16(25-5-2)17(11-13)24-3/h6-11H,4-5,12H2,1-3H3. The lowest BCUT2D eigenvalue weighted by atomic mass is 10.2. The summed E-state index contributed by atoms with van der Waals surface area (Å²) in [6, 6.07) is 9.96. The summed E-state index contributed by atoms with van der Waals surface area (Å²) in [6.07, 6.45) is 0. The summed E-state index contributed by atoms with van der Waals surface area (Å²) >= 11 is 12.2. The van der Waals surface area contributed by atoms with E-state index in [-0.39, 0.29) is 28.0 Å². The highest BCUT2D eigenvalue weighted by Crippen LogP contribution is 2.33. The number of ether oxygens (including phenoxy) is 2. The molecule has 26 heavy (non-hydrogen) atoms. The first-order chi connectivity index (χ1) is 12.3. The van der Waals surface area contributed by atoms with E-state index in [9.17, 15) is 8.42 Å². The third kappa shape index (κ3) is 4.43. The molecule has 0 saturated heterocycles. The summed E-state index contributed by atoms with van der Waals surface area (Å²) in [4.78, 5) is -0.0805. The topological polar surface area (TPSA) is 55.8 Å². The van der Waals surface area contributed by atoms with Crippen molar-refractivity contribution in [3.63, 3.8) is 0 Å². The predicted octanol–water partition coefficient (Wildman–Crippen LogP) is 4.61. The average Bonchev–Trinajstić information content (AvgIpc) is 2.60. The maximum atomic E-state index is 13.0. The number of halogens is 2. The number of rotatable bonds is 8. The van der Waals surface area contributed by atoms with Crippen LogP contribution in [0.25, 0.3) is 0 Å². The number of methoxy groups -OCH3 is 1. The second kappa shape index (κ2) is 8.95. The van der Waals surface area contributed by atoms with Crippen LogP contribution in [0.2, 0.25) is 10.0 Å². The molecule has 2 aromatic rings. The Bertz CT molecular complexity index is 851. The van der Waals surface area contributed by atoms with Gasteiger partial charge in [-0.05, 0) is 36.8 Å². The Labute approximate surface area is 164 Å². The van der Waals surface area contributed by atoms with Gasteiger partial charge in [0.1, 0.15) is 4.90 Å². The van der Waals surface area contributed by atoms with Gasteiger partial charge in [-0.3, -0.25) is 0 Å². The van der Waals surface area contributed by atoms with E-state index in [2.05, 4.69) is 0 Å². The maximum Gasteiger partial charge on any atom is 0.246 e. The highest BCUT2D eigenvalue weighted by Gasteiger charge is 2.28. The van der Waals surface area contributed by atoms with Crippen LogP contribution in [-0.4, -0.2) is 33.0 Å². The second-order valence-corrected chi connectivity index (χ2v) is 8.09. The third-order valence-corrected chi connectivity index (χ3v) is 6.63. The van der Waals surface area contributed by atoms with Crippen molar-refractivity contribution in [3.05, 3.63) is 52.0 Å². The summed E-state index contributed by atoms with van der Waals surface area (Å²) in [6.45, 7) is 4.57. The summed E-state index contributed by atoms with van der Waals surface area (Å²) in [7, 11) is -2.31. The minimum Gasteiger partial charge on any atom is -0.493 e. The number of nitrogens with zero attached hydrogens (tertiary/aromatic N) is 1. The number of hydrogen-bond donors (Lipinski definition) is 0. The summed E-state index contributed by atoms with van der Waals surface area (Å²) in [5, 5.41) is 0.195. The van der Waals surface area contributed by atoms with Crippen LogP contribution in [0.4, 0.5) is 0 Å². The molecule has 142 valence electrons. The van der Waals surface area contributed by atoms with Crippen LogP contribution in [0.5, 0.6) is 11.5 Å². The van der Waals surface area contributed by atoms with E-state index in [4.69, 9.17) is 32.7 Å². The van der Waals surface area contributed by atoms with Crippen LogP contribution in [0, 0.1) is 0 Å². The molecule has 2 rings (SSSR count). The fraction of sp³-hybridized carbons (Fsp3) is 0.333. The molecule has 0 saturated carbocycles. The number of benzene rings is 2. The normalized spacial score (nSPS) is 11.6. The molecule has 0 fully saturated rings. The molecule has 0 aliphatic rings. The van der Waals surface area contributed by atoms with Crippen molar-refractivity contribution in [3.8, 4) is 11.5 Å². The zero-order valence-corrected chi connectivity index (χ0v) is 17.2. The Morgan fingerprint density at radius 3 is 2.23 bits per heavy atom. The van der Waals surface area contributed by atoms with Crippen LogP contribution < -0.4 is 9.47 Å².